The Morgan fingerprint density at radius 1 is 0.575 bits per heavy atom. The molecule has 0 aliphatic heterocycles. The highest BCUT2D eigenvalue weighted by Gasteiger charge is 2.35. The number of carbonyl (C=O) groups is 6. The maximum Gasteiger partial charge on any atom is 0.407 e. The van der Waals surface area contributed by atoms with E-state index in [1.54, 1.807) is 20.8 Å². The Morgan fingerprint density at radius 2 is 1.00 bits per heavy atom. The monoisotopic (exact) mass is 1140 g/mol. The van der Waals surface area contributed by atoms with Crippen LogP contribution in [0.5, 0.6) is 0 Å². The Bertz CT molecular complexity index is 2130. The van der Waals surface area contributed by atoms with E-state index in [9.17, 15) is 69.6 Å². The van der Waals surface area contributed by atoms with Gasteiger partial charge in [0.25, 0.3) is 0 Å². The molecule has 0 saturated heterocycles. The molecule has 0 radical (unpaired) electrons. The van der Waals surface area contributed by atoms with Gasteiger partial charge in [0.15, 0.2) is 0 Å². The van der Waals surface area contributed by atoms with Crippen LogP contribution in [0.25, 0.3) is 11.1 Å². The van der Waals surface area contributed by atoms with Gasteiger partial charge in [-0.25, -0.2) is 9.59 Å². The Hall–Kier alpha value is -5.50. The standard InChI is InChI=1S/C53H83N5O22/c1-53(2,3)80-51(73)38(55-52(74)79-32-37-35-12-8-6-10-33(35)34-11-7-9-13-36(34)37)14-15-43(65)54-17-19-76-21-23-78-25-24-77-22-20-75-18-16-44(66)58(28-45(67)56(4)26-39(61)47(69)49(71)41(63)30-59)29-46(68)57(5)27-40(62)48(70)50(72)42(64)31-60/h6-13,37-42,47-50,59-64,69-72H,14-32H2,1-5H3,(H,54,65)(H,55,74)/t38-,39-,40-,41+,42+,47+,48+,49+,50+/m0/s1. The normalized spacial score (nSPS) is 15.6. The lowest BCUT2D eigenvalue weighted by molar-refractivity contribution is -0.157. The number of nitrogens with one attached hydrogen (secondary N) is 2. The van der Waals surface area contributed by atoms with Crippen LogP contribution < -0.4 is 10.6 Å². The van der Waals surface area contributed by atoms with Crippen LogP contribution in [0.3, 0.4) is 0 Å². The van der Waals surface area contributed by atoms with Gasteiger partial charge in [0.2, 0.25) is 23.6 Å². The van der Waals surface area contributed by atoms with E-state index in [1.807, 2.05) is 48.5 Å². The fraction of sp³-hybridized carbons (Fsp3) is 0.660. The van der Waals surface area contributed by atoms with Crippen LogP contribution >= 0.6 is 0 Å². The summed E-state index contributed by atoms with van der Waals surface area (Å²) in [5.41, 5.74) is 3.36. The number of hydrogen-bond acceptors (Lipinski definition) is 22. The third-order valence-corrected chi connectivity index (χ3v) is 12.6. The summed E-state index contributed by atoms with van der Waals surface area (Å²) in [4.78, 5) is 81.2. The maximum atomic E-state index is 13.3. The van der Waals surface area contributed by atoms with Gasteiger partial charge < -0.3 is 105 Å². The van der Waals surface area contributed by atoms with Gasteiger partial charge in [0.05, 0.1) is 72.5 Å². The van der Waals surface area contributed by atoms with Gasteiger partial charge in [-0.05, 0) is 49.4 Å². The first-order chi connectivity index (χ1) is 37.9. The van der Waals surface area contributed by atoms with Crippen molar-refractivity contribution in [3.63, 3.8) is 0 Å². The average molecular weight is 1140 g/mol. The van der Waals surface area contributed by atoms with Crippen LogP contribution in [0.2, 0.25) is 0 Å². The van der Waals surface area contributed by atoms with E-state index in [-0.39, 0.29) is 97.1 Å². The van der Waals surface area contributed by atoms with Gasteiger partial charge in [-0.1, -0.05) is 48.5 Å². The second-order valence-electron chi connectivity index (χ2n) is 20.0. The van der Waals surface area contributed by atoms with Gasteiger partial charge >= 0.3 is 12.1 Å². The van der Waals surface area contributed by atoms with Gasteiger partial charge in [0, 0.05) is 46.1 Å². The lowest BCUT2D eigenvalue weighted by Crippen LogP contribution is -2.53. The molecule has 80 heavy (non-hydrogen) atoms. The van der Waals surface area contributed by atoms with Crippen LogP contribution in [-0.2, 0) is 52.4 Å². The molecular weight excluding hydrogens is 1060 g/mol. The highest BCUT2D eigenvalue weighted by molar-refractivity contribution is 5.89. The Balaban J connectivity index is 1.34. The summed E-state index contributed by atoms with van der Waals surface area (Å²) in [6.45, 7) is 1.64. The number of aliphatic hydroxyl groups is 10. The number of esters is 1. The van der Waals surface area contributed by atoms with E-state index in [4.69, 9.17) is 38.6 Å². The molecule has 0 bridgehead atoms. The lowest BCUT2D eigenvalue weighted by atomic mass is 9.98. The van der Waals surface area contributed by atoms with Gasteiger partial charge in [-0.15, -0.1) is 0 Å². The maximum absolute atomic E-state index is 13.3. The van der Waals surface area contributed by atoms with Gasteiger partial charge in [-0.2, -0.15) is 0 Å². The van der Waals surface area contributed by atoms with E-state index in [1.165, 1.54) is 14.1 Å². The minimum atomic E-state index is -1.99. The van der Waals surface area contributed by atoms with E-state index < -0.39 is 130 Å². The van der Waals surface area contributed by atoms with Crippen molar-refractivity contribution in [3.8, 4) is 11.1 Å². The summed E-state index contributed by atoms with van der Waals surface area (Å²) in [5, 5.41) is 104. The SMILES string of the molecule is CN(C[C@H](O)[C@@H](O)[C@H](O)[C@H](O)CO)C(=O)CN(CC(=O)N(C)C[C@H](O)[C@@H](O)[C@H](O)[C@H](O)CO)C(=O)CCOCCOCCOCCOCCNC(=O)CC[C@H](NC(=O)OCC1c2ccccc2-c2ccccc21)C(=O)OC(C)(C)C. The highest BCUT2D eigenvalue weighted by atomic mass is 16.6. The Labute approximate surface area is 464 Å². The number of amides is 5. The van der Waals surface area contributed by atoms with E-state index in [0.717, 1.165) is 37.0 Å². The molecule has 0 fully saturated rings. The number of fused-ring (bicyclic) bond motifs is 3. The van der Waals surface area contributed by atoms with E-state index >= 15 is 0 Å². The predicted molar refractivity (Wildman–Crippen MR) is 282 cm³/mol. The first-order valence-corrected chi connectivity index (χ1v) is 26.2. The number of rotatable bonds is 38. The highest BCUT2D eigenvalue weighted by Crippen LogP contribution is 2.44. The smallest absolute Gasteiger partial charge is 0.407 e. The van der Waals surface area contributed by atoms with Crippen molar-refractivity contribution in [2.24, 2.45) is 0 Å². The van der Waals surface area contributed by atoms with Crippen molar-refractivity contribution in [1.29, 1.82) is 0 Å². The van der Waals surface area contributed by atoms with Crippen molar-refractivity contribution in [2.45, 2.75) is 106 Å². The molecule has 2 aromatic carbocycles. The molecule has 0 heterocycles. The first-order valence-electron chi connectivity index (χ1n) is 26.2. The second-order valence-corrected chi connectivity index (χ2v) is 20.0. The zero-order chi connectivity index (χ0) is 59.5. The number of benzene rings is 2. The molecule has 0 unspecified atom stereocenters. The van der Waals surface area contributed by atoms with Crippen LogP contribution in [0, 0.1) is 0 Å². The Kier molecular flexibility index (Phi) is 30.4. The average Bonchev–Trinajstić information content (AvgIpc) is 3.75. The van der Waals surface area contributed by atoms with Crippen molar-refractivity contribution < 1.29 is 108 Å². The van der Waals surface area contributed by atoms with Gasteiger partial charge in [0.1, 0.15) is 80.2 Å². The minimum absolute atomic E-state index is 0.0380. The Morgan fingerprint density at radius 3 is 1.45 bits per heavy atom. The molecule has 1 aliphatic carbocycles. The third kappa shape index (κ3) is 23.5. The van der Waals surface area contributed by atoms with Crippen molar-refractivity contribution in [2.75, 3.05) is 119 Å². The fourth-order valence-electron chi connectivity index (χ4n) is 8.02. The summed E-state index contributed by atoms with van der Waals surface area (Å²) < 4.78 is 33.1. The summed E-state index contributed by atoms with van der Waals surface area (Å²) in [6, 6.07) is 14.6. The minimum Gasteiger partial charge on any atom is -0.458 e. The number of carbonyl (C=O) groups excluding carboxylic acids is 6. The topological polar surface area (TPSA) is 394 Å². The van der Waals surface area contributed by atoms with Crippen molar-refractivity contribution in [1.82, 2.24) is 25.3 Å². The quantitative estimate of drug-likeness (QED) is 0.0227. The lowest BCUT2D eigenvalue weighted by Gasteiger charge is -2.31. The molecule has 27 nitrogen and oxygen atoms in total. The summed E-state index contributed by atoms with van der Waals surface area (Å²) in [7, 11) is 2.38. The predicted octanol–water partition coefficient (Wildman–Crippen LogP) is -3.79. The third-order valence-electron chi connectivity index (χ3n) is 12.6. The van der Waals surface area contributed by atoms with Crippen LogP contribution in [0.4, 0.5) is 4.79 Å². The summed E-state index contributed by atoms with van der Waals surface area (Å²) in [5.74, 6) is -3.70. The molecule has 1 aliphatic rings. The van der Waals surface area contributed by atoms with Crippen LogP contribution in [0.15, 0.2) is 48.5 Å². The molecule has 0 saturated carbocycles. The summed E-state index contributed by atoms with van der Waals surface area (Å²) in [6.07, 6.45) is -16.4. The number of aliphatic hydroxyl groups excluding tert-OH is 10. The number of hydrogen-bond donors (Lipinski definition) is 12. The molecule has 9 atom stereocenters. The largest absolute Gasteiger partial charge is 0.458 e. The molecule has 12 N–H and O–H groups in total. The zero-order valence-corrected chi connectivity index (χ0v) is 46.0. The van der Waals surface area contributed by atoms with E-state index in [0.29, 0.717) is 0 Å². The number of likely N-dealkylation sites (N-methyl/N-ethyl adjacent to an activating group) is 2. The van der Waals surface area contributed by atoms with Crippen LogP contribution in [-0.4, -0.2) is 281 Å². The molecule has 0 spiro atoms. The van der Waals surface area contributed by atoms with Gasteiger partial charge in [-0.3, -0.25) is 19.2 Å². The first kappa shape index (κ1) is 68.8. The molecule has 27 heteroatoms. The molecule has 3 rings (SSSR count). The molecule has 5 amide bonds. The van der Waals surface area contributed by atoms with E-state index in [2.05, 4.69) is 10.6 Å². The molecule has 0 aromatic heterocycles. The number of alkyl carbamates (subject to hydrolysis) is 1. The van der Waals surface area contributed by atoms with Crippen molar-refractivity contribution >= 4 is 35.7 Å². The molecule has 452 valence electrons. The summed E-state index contributed by atoms with van der Waals surface area (Å²) >= 11 is 0. The van der Waals surface area contributed by atoms with Crippen molar-refractivity contribution in [3.05, 3.63) is 59.7 Å². The second kappa shape index (κ2) is 35.4. The molecular formula is C53H83N5O22. The molecule has 2 aromatic rings. The number of ether oxygens (including phenoxy) is 6. The zero-order valence-electron chi connectivity index (χ0n) is 46.0. The van der Waals surface area contributed by atoms with Crippen LogP contribution in [0.1, 0.15) is 57.1 Å². The number of nitrogens with zero attached hydrogens (tertiary/aromatic N) is 3. The fourth-order valence-corrected chi connectivity index (χ4v) is 8.02.